The number of rotatable bonds is 1. The lowest BCUT2D eigenvalue weighted by atomic mass is 10.2. The monoisotopic (exact) mass is 288 g/mol. The van der Waals surface area contributed by atoms with Gasteiger partial charge >= 0.3 is 6.18 Å². The van der Waals surface area contributed by atoms with E-state index in [9.17, 15) is 13.2 Å². The Morgan fingerprint density at radius 1 is 1.36 bits per heavy atom. The molecule has 0 aromatic heterocycles. The maximum atomic E-state index is 12.5. The first-order valence-corrected chi connectivity index (χ1v) is 4.64. The zero-order valence-corrected chi connectivity index (χ0v) is 9.29. The first kappa shape index (κ1) is 11.7. The van der Waals surface area contributed by atoms with E-state index in [4.69, 9.17) is 11.6 Å². The Hall–Kier alpha value is -0.420. The molecule has 14 heavy (non-hydrogen) atoms. The minimum atomic E-state index is -4.50. The van der Waals surface area contributed by atoms with Gasteiger partial charge in [-0.15, -0.1) is 0 Å². The molecule has 6 heteroatoms. The maximum absolute atomic E-state index is 12.5. The van der Waals surface area contributed by atoms with Crippen LogP contribution >= 0.6 is 27.5 Å². The predicted octanol–water partition coefficient (Wildman–Crippen LogP) is 4.13. The predicted molar refractivity (Wildman–Crippen MR) is 50.7 cm³/mol. The summed E-state index contributed by atoms with van der Waals surface area (Å²) in [5, 5.41) is -0.436. The molecule has 1 aromatic rings. The van der Waals surface area contributed by atoms with Gasteiger partial charge in [-0.25, -0.2) is 0 Å². The van der Waals surface area contributed by atoms with Gasteiger partial charge in [-0.3, -0.25) is 0 Å². The van der Waals surface area contributed by atoms with E-state index in [0.717, 1.165) is 0 Å². The van der Waals surface area contributed by atoms with Crippen molar-refractivity contribution in [3.05, 3.63) is 27.2 Å². The van der Waals surface area contributed by atoms with Gasteiger partial charge in [-0.1, -0.05) is 27.5 Å². The molecule has 0 N–H and O–H groups in total. The van der Waals surface area contributed by atoms with E-state index in [-0.39, 0.29) is 10.2 Å². The van der Waals surface area contributed by atoms with Gasteiger partial charge in [0.1, 0.15) is 5.75 Å². The molecular formula is C8H5BrClF3O. The van der Waals surface area contributed by atoms with Crippen LogP contribution in [-0.4, -0.2) is 7.11 Å². The van der Waals surface area contributed by atoms with Gasteiger partial charge in [-0.2, -0.15) is 13.2 Å². The van der Waals surface area contributed by atoms with Crippen LogP contribution in [0.15, 0.2) is 16.6 Å². The molecule has 1 nitrogen and oxygen atoms in total. The number of halogens is 5. The average Bonchev–Trinajstić information content (AvgIpc) is 2.02. The minimum Gasteiger partial charge on any atom is -0.495 e. The minimum absolute atomic E-state index is 0.00203. The van der Waals surface area contributed by atoms with Crippen molar-refractivity contribution in [1.29, 1.82) is 0 Å². The fraction of sp³-hybridized carbons (Fsp3) is 0.250. The normalized spacial score (nSPS) is 11.6. The fourth-order valence-corrected chi connectivity index (χ4v) is 1.97. The molecule has 0 radical (unpaired) electrons. The van der Waals surface area contributed by atoms with Crippen LogP contribution in [-0.2, 0) is 6.18 Å². The number of ether oxygens (including phenoxy) is 1. The van der Waals surface area contributed by atoms with Crippen molar-refractivity contribution in [1.82, 2.24) is 0 Å². The van der Waals surface area contributed by atoms with Crippen LogP contribution in [0.25, 0.3) is 0 Å². The Morgan fingerprint density at radius 3 is 2.36 bits per heavy atom. The molecular weight excluding hydrogens is 284 g/mol. The van der Waals surface area contributed by atoms with Crippen LogP contribution in [0.3, 0.4) is 0 Å². The molecule has 0 amide bonds. The van der Waals surface area contributed by atoms with Crippen LogP contribution in [0.5, 0.6) is 5.75 Å². The SMILES string of the molecule is COc1ccc(Br)c(C(F)(F)F)c1Cl. The highest BCUT2D eigenvalue weighted by molar-refractivity contribution is 9.10. The lowest BCUT2D eigenvalue weighted by Crippen LogP contribution is -2.07. The van der Waals surface area contributed by atoms with Gasteiger partial charge in [0.15, 0.2) is 0 Å². The summed E-state index contributed by atoms with van der Waals surface area (Å²) in [6, 6.07) is 2.61. The van der Waals surface area contributed by atoms with Gasteiger partial charge < -0.3 is 4.74 Å². The molecule has 0 saturated carbocycles. The second-order valence-corrected chi connectivity index (χ2v) is 3.67. The van der Waals surface area contributed by atoms with Crippen LogP contribution in [0, 0.1) is 0 Å². The van der Waals surface area contributed by atoms with E-state index in [2.05, 4.69) is 20.7 Å². The van der Waals surface area contributed by atoms with Crippen molar-refractivity contribution in [2.75, 3.05) is 7.11 Å². The van der Waals surface area contributed by atoms with E-state index < -0.39 is 16.8 Å². The van der Waals surface area contributed by atoms with Gasteiger partial charge in [0.25, 0.3) is 0 Å². The topological polar surface area (TPSA) is 9.23 Å². The summed E-state index contributed by atoms with van der Waals surface area (Å²) in [5.74, 6) is 0.00203. The summed E-state index contributed by atoms with van der Waals surface area (Å²) >= 11 is 8.31. The standard InChI is InChI=1S/C8H5BrClF3O/c1-14-5-3-2-4(9)6(7(5)10)8(11,12)13/h2-3H,1H3. The number of benzene rings is 1. The molecule has 0 aliphatic rings. The second kappa shape index (κ2) is 3.98. The third-order valence-corrected chi connectivity index (χ3v) is 2.60. The molecule has 0 spiro atoms. The van der Waals surface area contributed by atoms with Crippen molar-refractivity contribution in [3.8, 4) is 5.75 Å². The summed E-state index contributed by atoms with van der Waals surface area (Å²) in [5.41, 5.74) is -0.918. The average molecular weight is 289 g/mol. The molecule has 0 unspecified atom stereocenters. The van der Waals surface area contributed by atoms with Crippen molar-refractivity contribution in [3.63, 3.8) is 0 Å². The highest BCUT2D eigenvalue weighted by Crippen LogP contribution is 2.43. The molecule has 0 atom stereocenters. The van der Waals surface area contributed by atoms with Crippen molar-refractivity contribution >= 4 is 27.5 Å². The summed E-state index contributed by atoms with van der Waals surface area (Å²) in [4.78, 5) is 0. The Labute approximate surface area is 91.9 Å². The molecule has 0 saturated heterocycles. The van der Waals surface area contributed by atoms with Crippen LogP contribution in [0.2, 0.25) is 5.02 Å². The van der Waals surface area contributed by atoms with Crippen LogP contribution < -0.4 is 4.74 Å². The van der Waals surface area contributed by atoms with Gasteiger partial charge in [0.2, 0.25) is 0 Å². The molecule has 0 heterocycles. The Morgan fingerprint density at radius 2 is 1.93 bits per heavy atom. The summed E-state index contributed by atoms with van der Waals surface area (Å²) in [7, 11) is 1.26. The van der Waals surface area contributed by atoms with Crippen LogP contribution in [0.1, 0.15) is 5.56 Å². The number of hydrogen-bond acceptors (Lipinski definition) is 1. The van der Waals surface area contributed by atoms with E-state index in [1.165, 1.54) is 19.2 Å². The molecule has 0 aliphatic carbocycles. The molecule has 78 valence electrons. The maximum Gasteiger partial charge on any atom is 0.419 e. The molecule has 1 aromatic carbocycles. The van der Waals surface area contributed by atoms with Gasteiger partial charge in [0, 0.05) is 4.47 Å². The lowest BCUT2D eigenvalue weighted by Gasteiger charge is -2.13. The third-order valence-electron chi connectivity index (χ3n) is 1.56. The lowest BCUT2D eigenvalue weighted by molar-refractivity contribution is -0.138. The van der Waals surface area contributed by atoms with E-state index >= 15 is 0 Å². The molecule has 0 fully saturated rings. The Balaban J connectivity index is 3.40. The second-order valence-electron chi connectivity index (χ2n) is 2.44. The third kappa shape index (κ3) is 2.15. The zero-order chi connectivity index (χ0) is 10.9. The van der Waals surface area contributed by atoms with E-state index in [1.807, 2.05) is 0 Å². The molecule has 0 bridgehead atoms. The van der Waals surface area contributed by atoms with Gasteiger partial charge in [-0.05, 0) is 12.1 Å². The first-order chi connectivity index (χ1) is 6.38. The van der Waals surface area contributed by atoms with E-state index in [0.29, 0.717) is 0 Å². The number of hydrogen-bond donors (Lipinski definition) is 0. The summed E-state index contributed by atoms with van der Waals surface area (Å²) in [6.45, 7) is 0. The summed E-state index contributed by atoms with van der Waals surface area (Å²) < 4.78 is 41.9. The fourth-order valence-electron chi connectivity index (χ4n) is 0.951. The largest absolute Gasteiger partial charge is 0.495 e. The molecule has 1 rings (SSSR count). The Kier molecular flexibility index (Phi) is 3.32. The van der Waals surface area contributed by atoms with Crippen molar-refractivity contribution in [2.45, 2.75) is 6.18 Å². The highest BCUT2D eigenvalue weighted by Gasteiger charge is 2.36. The number of alkyl halides is 3. The quantitative estimate of drug-likeness (QED) is 0.755. The summed E-state index contributed by atoms with van der Waals surface area (Å²) in [6.07, 6.45) is -4.50. The zero-order valence-electron chi connectivity index (χ0n) is 6.95. The smallest absolute Gasteiger partial charge is 0.419 e. The van der Waals surface area contributed by atoms with Crippen molar-refractivity contribution in [2.24, 2.45) is 0 Å². The van der Waals surface area contributed by atoms with E-state index in [1.54, 1.807) is 0 Å². The van der Waals surface area contributed by atoms with Crippen molar-refractivity contribution < 1.29 is 17.9 Å². The number of methoxy groups -OCH3 is 1. The highest BCUT2D eigenvalue weighted by atomic mass is 79.9. The molecule has 0 aliphatic heterocycles. The Bertz CT molecular complexity index is 351. The first-order valence-electron chi connectivity index (χ1n) is 3.47. The van der Waals surface area contributed by atoms with Gasteiger partial charge in [0.05, 0.1) is 17.7 Å². The van der Waals surface area contributed by atoms with Crippen LogP contribution in [0.4, 0.5) is 13.2 Å².